The van der Waals surface area contributed by atoms with Crippen molar-refractivity contribution in [3.8, 4) is 17.0 Å². The lowest BCUT2D eigenvalue weighted by atomic mass is 10.1. The minimum absolute atomic E-state index is 0.195. The van der Waals surface area contributed by atoms with Gasteiger partial charge in [-0.1, -0.05) is 6.07 Å². The molecule has 7 heteroatoms. The van der Waals surface area contributed by atoms with Crippen molar-refractivity contribution in [3.05, 3.63) is 30.7 Å². The van der Waals surface area contributed by atoms with Crippen molar-refractivity contribution in [3.63, 3.8) is 0 Å². The van der Waals surface area contributed by atoms with Crippen LogP contribution in [0.2, 0.25) is 0 Å². The molecule has 134 valence electrons. The summed E-state index contributed by atoms with van der Waals surface area (Å²) < 4.78 is 12.8. The fourth-order valence-electron chi connectivity index (χ4n) is 2.78. The van der Waals surface area contributed by atoms with Crippen LogP contribution in [-0.4, -0.2) is 46.3 Å². The summed E-state index contributed by atoms with van der Waals surface area (Å²) in [7, 11) is 1.59. The summed E-state index contributed by atoms with van der Waals surface area (Å²) >= 11 is 0. The normalized spacial score (nSPS) is 15.0. The molecular weight excluding hydrogens is 320 g/mol. The van der Waals surface area contributed by atoms with Gasteiger partial charge in [0.2, 0.25) is 0 Å². The second kappa shape index (κ2) is 6.31. The van der Waals surface area contributed by atoms with Crippen molar-refractivity contribution in [1.82, 2.24) is 14.5 Å². The number of benzene rings is 1. The van der Waals surface area contributed by atoms with Crippen LogP contribution in [-0.2, 0) is 4.74 Å². The van der Waals surface area contributed by atoms with E-state index in [1.807, 2.05) is 43.7 Å². The zero-order chi connectivity index (χ0) is 18.2. The van der Waals surface area contributed by atoms with Crippen LogP contribution in [0.4, 0.5) is 10.5 Å². The van der Waals surface area contributed by atoms with E-state index >= 15 is 0 Å². The van der Waals surface area contributed by atoms with Gasteiger partial charge >= 0.3 is 6.09 Å². The van der Waals surface area contributed by atoms with Gasteiger partial charge in [0.15, 0.2) is 5.75 Å². The van der Waals surface area contributed by atoms with Crippen LogP contribution >= 0.6 is 0 Å². The number of ether oxygens (including phenoxy) is 2. The number of carbonyl (C=O) groups excluding carboxylic acids is 1. The molecule has 2 aromatic rings. The van der Waals surface area contributed by atoms with Crippen LogP contribution in [0.3, 0.4) is 0 Å². The Balaban J connectivity index is 1.68. The maximum absolute atomic E-state index is 12.0. The lowest BCUT2D eigenvalue weighted by molar-refractivity contribution is 0.00107. The first-order valence-electron chi connectivity index (χ1n) is 8.23. The summed E-state index contributed by atoms with van der Waals surface area (Å²) in [5, 5.41) is 0. The molecular formula is C18H24N4O3. The van der Waals surface area contributed by atoms with E-state index < -0.39 is 5.60 Å². The average Bonchev–Trinajstić information content (AvgIpc) is 2.92. The topological polar surface area (TPSA) is 82.6 Å². The number of hydrogen-bond acceptors (Lipinski definition) is 5. The number of hydrogen-bond donors (Lipinski definition) is 1. The molecule has 0 unspecified atom stereocenters. The Hall–Kier alpha value is -2.70. The number of imidazole rings is 1. The molecule has 1 aromatic carbocycles. The Morgan fingerprint density at radius 3 is 2.68 bits per heavy atom. The van der Waals surface area contributed by atoms with Gasteiger partial charge in [0.1, 0.15) is 5.60 Å². The Morgan fingerprint density at radius 1 is 1.32 bits per heavy atom. The molecule has 0 saturated carbocycles. The van der Waals surface area contributed by atoms with Crippen molar-refractivity contribution in [2.45, 2.75) is 32.4 Å². The van der Waals surface area contributed by atoms with Crippen LogP contribution in [0, 0.1) is 0 Å². The maximum atomic E-state index is 12.0. The minimum atomic E-state index is -0.478. The molecule has 3 rings (SSSR count). The second-order valence-electron chi connectivity index (χ2n) is 7.17. The highest BCUT2D eigenvalue weighted by Gasteiger charge is 2.34. The second-order valence-corrected chi connectivity index (χ2v) is 7.17. The van der Waals surface area contributed by atoms with E-state index in [-0.39, 0.29) is 12.1 Å². The Kier molecular flexibility index (Phi) is 4.32. The van der Waals surface area contributed by atoms with E-state index in [0.717, 1.165) is 11.3 Å². The number of nitrogens with two attached hydrogens (primary N) is 1. The van der Waals surface area contributed by atoms with Gasteiger partial charge in [-0.2, -0.15) is 0 Å². The van der Waals surface area contributed by atoms with Crippen molar-refractivity contribution >= 4 is 11.8 Å². The van der Waals surface area contributed by atoms with E-state index in [2.05, 4.69) is 4.98 Å². The van der Waals surface area contributed by atoms with Crippen LogP contribution in [0.15, 0.2) is 30.7 Å². The Morgan fingerprint density at radius 2 is 2.04 bits per heavy atom. The maximum Gasteiger partial charge on any atom is 0.410 e. The zero-order valence-electron chi connectivity index (χ0n) is 15.0. The third kappa shape index (κ3) is 3.55. The third-order valence-electron chi connectivity index (χ3n) is 4.06. The van der Waals surface area contributed by atoms with E-state index in [1.165, 1.54) is 0 Å². The lowest BCUT2D eigenvalue weighted by Gasteiger charge is -2.40. The standard InChI is InChI=1S/C18H24N4O3/c1-18(2,3)25-17(23)21-8-12(9-21)22-10-15(20-11-22)13-6-5-7-14(19)16(13)24-4/h5-7,10-12H,8-9,19H2,1-4H3. The van der Waals surface area contributed by atoms with Gasteiger partial charge < -0.3 is 24.7 Å². The number of carbonyl (C=O) groups is 1. The number of methoxy groups -OCH3 is 1. The summed E-state index contributed by atoms with van der Waals surface area (Å²) in [4.78, 5) is 18.2. The highest BCUT2D eigenvalue weighted by Crippen LogP contribution is 2.34. The summed E-state index contributed by atoms with van der Waals surface area (Å²) in [6, 6.07) is 5.79. The van der Waals surface area contributed by atoms with Crippen molar-refractivity contribution in [1.29, 1.82) is 0 Å². The SMILES string of the molecule is COc1c(N)cccc1-c1cn(C2CN(C(=O)OC(C)(C)C)C2)cn1. The van der Waals surface area contributed by atoms with Gasteiger partial charge in [-0.3, -0.25) is 0 Å². The van der Waals surface area contributed by atoms with Crippen molar-refractivity contribution < 1.29 is 14.3 Å². The summed E-state index contributed by atoms with van der Waals surface area (Å²) in [6.45, 7) is 6.81. The van der Waals surface area contributed by atoms with Crippen LogP contribution in [0.1, 0.15) is 26.8 Å². The first-order valence-corrected chi connectivity index (χ1v) is 8.23. The molecule has 1 aliphatic heterocycles. The average molecular weight is 344 g/mol. The Bertz CT molecular complexity index is 773. The number of aromatic nitrogens is 2. The predicted molar refractivity (Wildman–Crippen MR) is 95.5 cm³/mol. The zero-order valence-corrected chi connectivity index (χ0v) is 15.0. The molecule has 2 N–H and O–H groups in total. The van der Waals surface area contributed by atoms with Gasteiger partial charge in [0.25, 0.3) is 0 Å². The number of nitrogen functional groups attached to an aromatic ring is 1. The molecule has 0 bridgehead atoms. The van der Waals surface area contributed by atoms with Crippen LogP contribution < -0.4 is 10.5 Å². The van der Waals surface area contributed by atoms with Crippen LogP contribution in [0.25, 0.3) is 11.3 Å². The number of amides is 1. The summed E-state index contributed by atoms with van der Waals surface area (Å²) in [5.74, 6) is 0.622. The van der Waals surface area contributed by atoms with Crippen molar-refractivity contribution in [2.24, 2.45) is 0 Å². The largest absolute Gasteiger partial charge is 0.494 e. The smallest absolute Gasteiger partial charge is 0.410 e. The highest BCUT2D eigenvalue weighted by molar-refractivity contribution is 5.74. The quantitative estimate of drug-likeness (QED) is 0.866. The molecule has 0 atom stereocenters. The fraction of sp³-hybridized carbons (Fsp3) is 0.444. The monoisotopic (exact) mass is 344 g/mol. The number of nitrogens with zero attached hydrogens (tertiary/aromatic N) is 3. The lowest BCUT2D eigenvalue weighted by Crippen LogP contribution is -2.51. The molecule has 1 aromatic heterocycles. The molecule has 2 heterocycles. The fourth-order valence-corrected chi connectivity index (χ4v) is 2.78. The third-order valence-corrected chi connectivity index (χ3v) is 4.06. The molecule has 25 heavy (non-hydrogen) atoms. The molecule has 1 amide bonds. The first kappa shape index (κ1) is 17.1. The molecule has 1 aliphatic rings. The number of para-hydroxylation sites is 1. The Labute approximate surface area is 147 Å². The summed E-state index contributed by atoms with van der Waals surface area (Å²) in [5.41, 5.74) is 7.70. The van der Waals surface area contributed by atoms with E-state index in [1.54, 1.807) is 24.4 Å². The molecule has 0 radical (unpaired) electrons. The van der Waals surface area contributed by atoms with Gasteiger partial charge in [-0.05, 0) is 32.9 Å². The van der Waals surface area contributed by atoms with Gasteiger partial charge in [-0.25, -0.2) is 9.78 Å². The minimum Gasteiger partial charge on any atom is -0.494 e. The van der Waals surface area contributed by atoms with Crippen molar-refractivity contribution in [2.75, 3.05) is 25.9 Å². The molecule has 1 fully saturated rings. The van der Waals surface area contributed by atoms with E-state index in [9.17, 15) is 4.79 Å². The van der Waals surface area contributed by atoms with E-state index in [4.69, 9.17) is 15.2 Å². The molecule has 0 aliphatic carbocycles. The van der Waals surface area contributed by atoms with Gasteiger partial charge in [0.05, 0.1) is 30.9 Å². The predicted octanol–water partition coefficient (Wildman–Crippen LogP) is 2.93. The number of likely N-dealkylation sites (tertiary alicyclic amines) is 1. The van der Waals surface area contributed by atoms with Gasteiger partial charge in [-0.15, -0.1) is 0 Å². The molecule has 1 saturated heterocycles. The number of anilines is 1. The van der Waals surface area contributed by atoms with Gasteiger partial charge in [0, 0.05) is 24.8 Å². The molecule has 7 nitrogen and oxygen atoms in total. The number of rotatable bonds is 3. The highest BCUT2D eigenvalue weighted by atomic mass is 16.6. The molecule has 0 spiro atoms. The van der Waals surface area contributed by atoms with Crippen LogP contribution in [0.5, 0.6) is 5.75 Å². The first-order chi connectivity index (χ1) is 11.8. The summed E-state index contributed by atoms with van der Waals surface area (Å²) in [6.07, 6.45) is 3.45. The van der Waals surface area contributed by atoms with E-state index in [0.29, 0.717) is 24.5 Å².